The van der Waals surface area contributed by atoms with Crippen molar-refractivity contribution < 1.29 is 28.7 Å². The highest BCUT2D eigenvalue weighted by atomic mass is 16.7. The largest absolute Gasteiger partial charge is 0.459 e. The van der Waals surface area contributed by atoms with Crippen molar-refractivity contribution in [3.63, 3.8) is 0 Å². The van der Waals surface area contributed by atoms with Crippen LogP contribution >= 0.6 is 0 Å². The maximum atomic E-state index is 13.3. The topological polar surface area (TPSA) is 85.4 Å². The molecule has 2 amide bonds. The number of ether oxygens (including phenoxy) is 2. The van der Waals surface area contributed by atoms with E-state index in [9.17, 15) is 14.4 Å². The van der Waals surface area contributed by atoms with Gasteiger partial charge in [0.15, 0.2) is 6.10 Å². The average Bonchev–Trinajstić information content (AvgIpc) is 3.34. The number of nitrogens with zero attached hydrogens (tertiary/aromatic N) is 2. The van der Waals surface area contributed by atoms with Crippen LogP contribution in [0.2, 0.25) is 0 Å². The van der Waals surface area contributed by atoms with Crippen molar-refractivity contribution >= 4 is 18.0 Å². The maximum Gasteiger partial charge on any atom is 0.417 e. The van der Waals surface area contributed by atoms with E-state index < -0.39 is 35.3 Å². The van der Waals surface area contributed by atoms with E-state index in [1.165, 1.54) is 0 Å². The second-order valence-corrected chi connectivity index (χ2v) is 9.17. The lowest BCUT2D eigenvalue weighted by Crippen LogP contribution is -2.49. The molecular weight excluding hydrogens is 388 g/mol. The first-order valence-corrected chi connectivity index (χ1v) is 10.4. The molecule has 0 aliphatic carbocycles. The zero-order valence-corrected chi connectivity index (χ0v) is 17.6. The van der Waals surface area contributed by atoms with Crippen LogP contribution in [0, 0.1) is 0 Å². The summed E-state index contributed by atoms with van der Waals surface area (Å²) in [6, 6.07) is 9.24. The molecule has 1 aromatic rings. The number of carbonyl (C=O) groups is 3. The van der Waals surface area contributed by atoms with Crippen molar-refractivity contribution in [1.82, 2.24) is 9.96 Å². The normalized spacial score (nSPS) is 29.0. The highest BCUT2D eigenvalue weighted by Crippen LogP contribution is 2.43. The van der Waals surface area contributed by atoms with Crippen molar-refractivity contribution in [3.8, 4) is 0 Å². The molecule has 3 aliphatic heterocycles. The van der Waals surface area contributed by atoms with E-state index in [-0.39, 0.29) is 19.0 Å². The van der Waals surface area contributed by atoms with Gasteiger partial charge in [-0.05, 0) is 45.6 Å². The van der Waals surface area contributed by atoms with Crippen molar-refractivity contribution in [2.24, 2.45) is 0 Å². The second-order valence-electron chi connectivity index (χ2n) is 9.17. The number of benzene rings is 1. The number of fused-ring (bicyclic) bond motifs is 1. The van der Waals surface area contributed by atoms with Gasteiger partial charge < -0.3 is 9.47 Å². The van der Waals surface area contributed by atoms with Gasteiger partial charge in [0.05, 0.1) is 6.04 Å². The van der Waals surface area contributed by atoms with Crippen LogP contribution in [0.4, 0.5) is 4.79 Å². The van der Waals surface area contributed by atoms with Crippen LogP contribution in [0.1, 0.15) is 45.6 Å². The van der Waals surface area contributed by atoms with Crippen LogP contribution in [-0.2, 0) is 30.3 Å². The molecule has 0 saturated carbocycles. The number of carbonyl (C=O) groups excluding carboxylic acids is 3. The van der Waals surface area contributed by atoms with Gasteiger partial charge in [-0.1, -0.05) is 30.3 Å². The van der Waals surface area contributed by atoms with Gasteiger partial charge in [-0.2, -0.15) is 5.06 Å². The predicted molar refractivity (Wildman–Crippen MR) is 106 cm³/mol. The van der Waals surface area contributed by atoms with Gasteiger partial charge in [-0.25, -0.2) is 14.5 Å². The first kappa shape index (κ1) is 20.8. The monoisotopic (exact) mass is 416 g/mol. The van der Waals surface area contributed by atoms with E-state index in [2.05, 4.69) is 0 Å². The predicted octanol–water partition coefficient (Wildman–Crippen LogP) is 2.46. The molecule has 3 saturated heterocycles. The van der Waals surface area contributed by atoms with E-state index >= 15 is 0 Å². The number of hydrogen-bond donors (Lipinski definition) is 0. The van der Waals surface area contributed by atoms with Crippen LogP contribution in [0.3, 0.4) is 0 Å². The molecule has 0 N–H and O–H groups in total. The summed E-state index contributed by atoms with van der Waals surface area (Å²) >= 11 is 0. The van der Waals surface area contributed by atoms with Crippen LogP contribution < -0.4 is 0 Å². The zero-order valence-electron chi connectivity index (χ0n) is 17.6. The molecule has 3 aliphatic rings. The van der Waals surface area contributed by atoms with Gasteiger partial charge in [0.2, 0.25) is 0 Å². The Morgan fingerprint density at radius 3 is 2.67 bits per heavy atom. The molecule has 3 fully saturated rings. The minimum atomic E-state index is -0.980. The molecule has 0 radical (unpaired) electrons. The number of cyclic esters (lactones) is 1. The van der Waals surface area contributed by atoms with Gasteiger partial charge in [-0.15, -0.1) is 0 Å². The maximum absolute atomic E-state index is 13.3. The molecule has 4 rings (SSSR count). The molecular formula is C22H28N2O6. The second kappa shape index (κ2) is 7.67. The van der Waals surface area contributed by atoms with Crippen molar-refractivity contribution in [3.05, 3.63) is 35.9 Å². The summed E-state index contributed by atoms with van der Waals surface area (Å²) in [6.07, 6.45) is 0.436. The summed E-state index contributed by atoms with van der Waals surface area (Å²) in [7, 11) is 0. The summed E-state index contributed by atoms with van der Waals surface area (Å²) < 4.78 is 10.8. The minimum absolute atomic E-state index is 0.146. The van der Waals surface area contributed by atoms with Crippen LogP contribution in [0.15, 0.2) is 30.3 Å². The van der Waals surface area contributed by atoms with E-state index in [1.807, 2.05) is 51.1 Å². The molecule has 3 atom stereocenters. The number of hydroxylamine groups is 2. The SMILES string of the molecule is CC(C)(C)OC(=O)[C@@]12CCCN1O[C@@H](C(=O)N1C(=O)OC[C@@H]1Cc1ccccc1)C2. The quantitative estimate of drug-likeness (QED) is 0.697. The smallest absolute Gasteiger partial charge is 0.417 e. The number of hydrogen-bond acceptors (Lipinski definition) is 7. The zero-order chi connectivity index (χ0) is 21.5. The molecule has 0 bridgehead atoms. The number of esters is 1. The summed E-state index contributed by atoms with van der Waals surface area (Å²) in [5, 5.41) is 1.58. The summed E-state index contributed by atoms with van der Waals surface area (Å²) in [5.74, 6) is -0.844. The lowest BCUT2D eigenvalue weighted by Gasteiger charge is -2.31. The number of imide groups is 1. The fourth-order valence-electron chi connectivity index (χ4n) is 4.42. The van der Waals surface area contributed by atoms with Gasteiger partial charge in [-0.3, -0.25) is 9.63 Å². The first-order valence-electron chi connectivity index (χ1n) is 10.4. The van der Waals surface area contributed by atoms with Crippen LogP contribution in [0.5, 0.6) is 0 Å². The lowest BCUT2D eigenvalue weighted by molar-refractivity contribution is -0.201. The molecule has 0 spiro atoms. The van der Waals surface area contributed by atoms with Crippen molar-refractivity contribution in [2.75, 3.05) is 13.2 Å². The number of amides is 2. The molecule has 3 heterocycles. The minimum Gasteiger partial charge on any atom is -0.459 e. The summed E-state index contributed by atoms with van der Waals surface area (Å²) in [5.41, 5.74) is -0.606. The molecule has 162 valence electrons. The molecule has 8 heteroatoms. The molecule has 0 aromatic heterocycles. The first-order chi connectivity index (χ1) is 14.2. The third-order valence-electron chi connectivity index (χ3n) is 5.77. The Hall–Kier alpha value is -2.45. The fourth-order valence-corrected chi connectivity index (χ4v) is 4.42. The van der Waals surface area contributed by atoms with E-state index in [0.29, 0.717) is 19.4 Å². The van der Waals surface area contributed by atoms with Crippen molar-refractivity contribution in [1.29, 1.82) is 0 Å². The molecule has 8 nitrogen and oxygen atoms in total. The summed E-state index contributed by atoms with van der Waals surface area (Å²) in [6.45, 7) is 6.13. The van der Waals surface area contributed by atoms with Gasteiger partial charge >= 0.3 is 12.1 Å². The Morgan fingerprint density at radius 1 is 1.23 bits per heavy atom. The van der Waals surface area contributed by atoms with Crippen LogP contribution in [-0.4, -0.2) is 64.4 Å². The van der Waals surface area contributed by atoms with Crippen LogP contribution in [0.25, 0.3) is 0 Å². The standard InChI is InChI=1S/C22H28N2O6/c1-21(2,3)29-19(26)22-10-7-11-23(22)30-17(13-22)18(25)24-16(14-28-20(24)27)12-15-8-5-4-6-9-15/h4-6,8-9,16-17H,7,10-14H2,1-3H3/t16-,17+,22-/m0/s1. The fraction of sp³-hybridized carbons (Fsp3) is 0.591. The number of rotatable bonds is 4. The molecule has 0 unspecified atom stereocenters. The van der Waals surface area contributed by atoms with E-state index in [0.717, 1.165) is 16.9 Å². The van der Waals surface area contributed by atoms with Gasteiger partial charge in [0, 0.05) is 13.0 Å². The molecule has 1 aromatic carbocycles. The Kier molecular flexibility index (Phi) is 5.32. The third kappa shape index (κ3) is 3.81. The van der Waals surface area contributed by atoms with E-state index in [4.69, 9.17) is 14.3 Å². The van der Waals surface area contributed by atoms with Crippen molar-refractivity contribution in [2.45, 2.75) is 69.7 Å². The Balaban J connectivity index is 1.50. The highest BCUT2D eigenvalue weighted by molar-refractivity contribution is 5.97. The van der Waals surface area contributed by atoms with Gasteiger partial charge in [0.1, 0.15) is 17.7 Å². The Morgan fingerprint density at radius 2 is 1.97 bits per heavy atom. The average molecular weight is 416 g/mol. The Labute approximate surface area is 176 Å². The third-order valence-corrected chi connectivity index (χ3v) is 5.77. The lowest BCUT2D eigenvalue weighted by atomic mass is 9.90. The highest BCUT2D eigenvalue weighted by Gasteiger charge is 2.60. The van der Waals surface area contributed by atoms with E-state index in [1.54, 1.807) is 5.06 Å². The van der Waals surface area contributed by atoms with Gasteiger partial charge in [0.25, 0.3) is 5.91 Å². The molecule has 30 heavy (non-hydrogen) atoms. The Bertz CT molecular complexity index is 836. The summed E-state index contributed by atoms with van der Waals surface area (Å²) in [4.78, 5) is 45.6.